The molecule has 0 N–H and O–H groups in total. The molecule has 1 aliphatic rings. The molecule has 1 fully saturated rings. The third-order valence-electron chi connectivity index (χ3n) is 9.17. The van der Waals surface area contributed by atoms with Crippen molar-refractivity contribution in [1.82, 2.24) is 0 Å². The second-order valence-corrected chi connectivity index (χ2v) is 35.9. The average molecular weight is 897 g/mol. The summed E-state index contributed by atoms with van der Waals surface area (Å²) in [5.41, 5.74) is 0. The van der Waals surface area contributed by atoms with Crippen LogP contribution in [0.2, 0.25) is 48.4 Å². The second kappa shape index (κ2) is 22.8. The van der Waals surface area contributed by atoms with Gasteiger partial charge in [0.05, 0.1) is 0 Å². The minimum absolute atomic E-state index is 0.179. The lowest BCUT2D eigenvalue weighted by atomic mass is 10.9. The van der Waals surface area contributed by atoms with Crippen LogP contribution in [0.4, 0.5) is 0 Å². The van der Waals surface area contributed by atoms with Crippen LogP contribution in [0.5, 0.6) is 0 Å². The molecule has 1 aliphatic heterocycles. The van der Waals surface area contributed by atoms with Crippen molar-refractivity contribution >= 4 is 70.4 Å². The fourth-order valence-electron chi connectivity index (χ4n) is 5.55. The third kappa shape index (κ3) is 12.5. The van der Waals surface area contributed by atoms with Crippen molar-refractivity contribution in [3.05, 3.63) is 0 Å². The van der Waals surface area contributed by atoms with Crippen LogP contribution in [0.1, 0.15) is 0 Å². The molecule has 0 aromatic carbocycles. The van der Waals surface area contributed by atoms with E-state index in [1.165, 1.54) is 114 Å². The molecule has 0 aromatic rings. The molecular weight excluding hydrogens is 833 g/mol. The molecule has 0 aliphatic carbocycles. The highest BCUT2D eigenvalue weighted by molar-refractivity contribution is 6.82. The minimum atomic E-state index is -3.61. The van der Waals surface area contributed by atoms with E-state index in [0.717, 1.165) is 0 Å². The Morgan fingerprint density at radius 2 is 0.269 bits per heavy atom. The summed E-state index contributed by atoms with van der Waals surface area (Å²) in [6.45, 7) is 0. The molecule has 1 saturated heterocycles. The average Bonchev–Trinajstić information content (AvgIpc) is 3.21. The first-order valence-electron chi connectivity index (χ1n) is 16.3. The van der Waals surface area contributed by atoms with E-state index in [1.54, 1.807) is 0 Å². The van der Waals surface area contributed by atoms with Gasteiger partial charge in [-0.1, -0.05) is 0 Å². The summed E-state index contributed by atoms with van der Waals surface area (Å²) in [6.07, 6.45) is 0. The van der Waals surface area contributed by atoms with Gasteiger partial charge in [0.2, 0.25) is 0 Å². The first kappa shape index (κ1) is 51.0. The SMILES string of the molecule is CO[Si]1(OC)CC[Si](OC)(OC)O[Si](OC)(OC)CC[Si](OC)(OC)O[Si](OC)(OC)CC[Si](OC)(OC)O[Si](OC)(OC)CC[Si](OC)(OC)O1. The zero-order chi connectivity index (χ0) is 39.8. The number of rotatable bonds is 16. The van der Waals surface area contributed by atoms with Crippen LogP contribution >= 0.6 is 0 Å². The molecule has 52 heavy (non-hydrogen) atoms. The van der Waals surface area contributed by atoms with Crippen LogP contribution in [-0.2, 0) is 87.3 Å². The van der Waals surface area contributed by atoms with E-state index in [1.807, 2.05) is 0 Å². The molecule has 0 radical (unpaired) electrons. The van der Waals surface area contributed by atoms with Gasteiger partial charge >= 0.3 is 70.4 Å². The Bertz CT molecular complexity index is 754. The van der Waals surface area contributed by atoms with Gasteiger partial charge in [0.25, 0.3) is 0 Å². The second-order valence-electron chi connectivity index (χ2n) is 11.1. The van der Waals surface area contributed by atoms with Crippen molar-refractivity contribution in [3.8, 4) is 0 Å². The molecule has 28 heteroatoms. The highest BCUT2D eigenvalue weighted by atomic mass is 28.5. The van der Waals surface area contributed by atoms with Crippen molar-refractivity contribution in [1.29, 1.82) is 0 Å². The molecule has 0 unspecified atom stereocenters. The molecule has 0 aromatic heterocycles. The van der Waals surface area contributed by atoms with Crippen LogP contribution in [-0.4, -0.2) is 184 Å². The lowest BCUT2D eigenvalue weighted by Crippen LogP contribution is -2.63. The molecule has 1 heterocycles. The maximum absolute atomic E-state index is 6.72. The van der Waals surface area contributed by atoms with Crippen molar-refractivity contribution in [3.63, 3.8) is 0 Å². The van der Waals surface area contributed by atoms with E-state index in [4.69, 9.17) is 87.3 Å². The maximum atomic E-state index is 6.72. The molecular formula is C24H64O20Si8. The first-order valence-corrected chi connectivity index (χ1v) is 31.7. The quantitative estimate of drug-likeness (QED) is 0.205. The van der Waals surface area contributed by atoms with Crippen LogP contribution < -0.4 is 0 Å². The molecule has 20 nitrogen and oxygen atoms in total. The summed E-state index contributed by atoms with van der Waals surface area (Å²) in [7, 11) is -4.89. The number of hydrogen-bond donors (Lipinski definition) is 0. The van der Waals surface area contributed by atoms with E-state index in [2.05, 4.69) is 0 Å². The van der Waals surface area contributed by atoms with Crippen LogP contribution in [0.3, 0.4) is 0 Å². The van der Waals surface area contributed by atoms with Crippen LogP contribution in [0.25, 0.3) is 0 Å². The topological polar surface area (TPSA) is 185 Å². The standard InChI is InChI=1S/C24H64O20Si8/c1-25-45(26-2)17-18-47(29-5,30-6)42-49(33-9,34-10)21-22-51(37-13,38-14)44-52(39-15,40-16)24-23-50(35-11,36-12)43-48(31-7,32-8)20-19-46(27-3,28-4)41-45/h17-24H2,1-16H3. The van der Waals surface area contributed by atoms with E-state index in [9.17, 15) is 0 Å². The maximum Gasteiger partial charge on any atom is 0.493 e. The van der Waals surface area contributed by atoms with E-state index in [-0.39, 0.29) is 48.4 Å². The Hall–Kier alpha value is 0.935. The molecule has 0 atom stereocenters. The molecule has 0 bridgehead atoms. The van der Waals surface area contributed by atoms with Crippen molar-refractivity contribution in [2.45, 2.75) is 48.4 Å². The van der Waals surface area contributed by atoms with E-state index in [0.29, 0.717) is 0 Å². The van der Waals surface area contributed by atoms with E-state index >= 15 is 0 Å². The van der Waals surface area contributed by atoms with Crippen molar-refractivity contribution < 1.29 is 87.3 Å². The summed E-state index contributed by atoms with van der Waals surface area (Å²) in [6, 6.07) is 1.43. The number of hydrogen-bond acceptors (Lipinski definition) is 20. The highest BCUT2D eigenvalue weighted by Crippen LogP contribution is 2.37. The van der Waals surface area contributed by atoms with Gasteiger partial charge in [-0.3, -0.25) is 0 Å². The van der Waals surface area contributed by atoms with Gasteiger partial charge in [0.1, 0.15) is 0 Å². The minimum Gasteiger partial charge on any atom is -0.377 e. The predicted octanol–water partition coefficient (Wildman–Crippen LogP) is 1.92. The fourth-order valence-corrected chi connectivity index (χ4v) is 36.1. The molecule has 0 saturated carbocycles. The summed E-state index contributed by atoms with van der Waals surface area (Å²) < 4.78 is 123. The molecule has 1 rings (SSSR count). The van der Waals surface area contributed by atoms with Gasteiger partial charge in [-0.15, -0.1) is 0 Å². The Morgan fingerprint density at radius 1 is 0.192 bits per heavy atom. The van der Waals surface area contributed by atoms with Crippen molar-refractivity contribution in [2.24, 2.45) is 0 Å². The van der Waals surface area contributed by atoms with Gasteiger partial charge in [0, 0.05) is 162 Å². The largest absolute Gasteiger partial charge is 0.493 e. The summed E-state index contributed by atoms with van der Waals surface area (Å²) in [5.74, 6) is 0. The fraction of sp³-hybridized carbons (Fsp3) is 1.00. The third-order valence-corrected chi connectivity index (χ3v) is 38.0. The van der Waals surface area contributed by atoms with Crippen LogP contribution in [0.15, 0.2) is 0 Å². The normalized spacial score (nSPS) is 24.9. The Labute approximate surface area is 318 Å². The highest BCUT2D eigenvalue weighted by Gasteiger charge is 2.62. The van der Waals surface area contributed by atoms with Crippen LogP contribution in [0, 0.1) is 0 Å². The van der Waals surface area contributed by atoms with E-state index < -0.39 is 70.4 Å². The smallest absolute Gasteiger partial charge is 0.377 e. The summed E-state index contributed by atoms with van der Waals surface area (Å²) >= 11 is 0. The molecule has 312 valence electrons. The van der Waals surface area contributed by atoms with Gasteiger partial charge in [-0.25, -0.2) is 0 Å². The Morgan fingerprint density at radius 3 is 0.327 bits per heavy atom. The van der Waals surface area contributed by atoms with Gasteiger partial charge in [0.15, 0.2) is 0 Å². The van der Waals surface area contributed by atoms with Gasteiger partial charge < -0.3 is 87.3 Å². The zero-order valence-corrected chi connectivity index (χ0v) is 41.8. The monoisotopic (exact) mass is 896 g/mol. The lowest BCUT2D eigenvalue weighted by Gasteiger charge is -2.41. The van der Waals surface area contributed by atoms with Crippen molar-refractivity contribution in [2.75, 3.05) is 114 Å². The molecule has 0 amide bonds. The first-order chi connectivity index (χ1) is 24.6. The Balaban J connectivity index is 4.04. The van der Waals surface area contributed by atoms with Gasteiger partial charge in [-0.2, -0.15) is 0 Å². The predicted molar refractivity (Wildman–Crippen MR) is 201 cm³/mol. The Kier molecular flexibility index (Phi) is 22.3. The lowest BCUT2D eigenvalue weighted by molar-refractivity contribution is 0.0689. The zero-order valence-electron chi connectivity index (χ0n) is 33.8. The van der Waals surface area contributed by atoms with Gasteiger partial charge in [-0.05, 0) is 0 Å². The molecule has 0 spiro atoms. The summed E-state index contributed by atoms with van der Waals surface area (Å²) in [4.78, 5) is 0. The summed E-state index contributed by atoms with van der Waals surface area (Å²) in [5, 5.41) is 0.